The molecule has 0 aromatic heterocycles. The third kappa shape index (κ3) is 6.13. The van der Waals surface area contributed by atoms with Gasteiger partial charge in [0.2, 0.25) is 6.29 Å². The molecule has 9 unspecified atom stereocenters. The van der Waals surface area contributed by atoms with E-state index in [-0.39, 0.29) is 34.0 Å². The second kappa shape index (κ2) is 14.2. The van der Waals surface area contributed by atoms with E-state index in [1.807, 2.05) is 0 Å². The monoisotopic (exact) mass is 782 g/mol. The minimum Gasteiger partial charge on any atom is -0.432 e. The average Bonchev–Trinajstić information content (AvgIpc) is 3.12. The third-order valence-corrected chi connectivity index (χ3v) is 16.8. The van der Waals surface area contributed by atoms with Gasteiger partial charge in [0.15, 0.2) is 6.29 Å². The van der Waals surface area contributed by atoms with Crippen molar-refractivity contribution in [2.75, 3.05) is 13.2 Å². The van der Waals surface area contributed by atoms with Gasteiger partial charge in [0.05, 0.1) is 24.9 Å². The Morgan fingerprint density at radius 3 is 1.95 bits per heavy atom. The Bertz CT molecular complexity index is 1490. The topological polar surface area (TPSA) is 236 Å². The summed E-state index contributed by atoms with van der Waals surface area (Å²) in [7, 11) is 0. The van der Waals surface area contributed by atoms with E-state index in [2.05, 4.69) is 47.6 Å². The number of ether oxygens (including phenoxy) is 4. The van der Waals surface area contributed by atoms with Crippen molar-refractivity contribution in [3.05, 3.63) is 11.6 Å². The van der Waals surface area contributed by atoms with E-state index in [0.29, 0.717) is 32.1 Å². The lowest BCUT2D eigenvalue weighted by atomic mass is 9.34. The number of allylic oxidation sites excluding steroid dienone is 2. The van der Waals surface area contributed by atoms with Gasteiger partial charge in [-0.05, 0) is 104 Å². The van der Waals surface area contributed by atoms with E-state index < -0.39 is 103 Å². The Hall–Kier alpha value is -1.27. The zero-order chi connectivity index (χ0) is 40.3. The summed E-state index contributed by atoms with van der Waals surface area (Å²) in [5.74, 6) is -0.878. The van der Waals surface area contributed by atoms with Crippen LogP contribution in [0, 0.1) is 44.8 Å². The molecule has 9 N–H and O–H groups in total. The van der Waals surface area contributed by atoms with Crippen LogP contribution in [0.4, 0.5) is 0 Å². The Balaban J connectivity index is 1.20. The molecule has 2 saturated heterocycles. The first kappa shape index (κ1) is 41.9. The summed E-state index contributed by atoms with van der Waals surface area (Å²) in [6.45, 7) is 12.1. The summed E-state index contributed by atoms with van der Waals surface area (Å²) in [5.41, 5.74) is -2.10. The summed E-state index contributed by atoms with van der Waals surface area (Å²) in [6, 6.07) is 0. The van der Waals surface area contributed by atoms with Gasteiger partial charge in [0.1, 0.15) is 54.2 Å². The molecule has 14 heteroatoms. The second-order valence-corrected chi connectivity index (χ2v) is 20.1. The van der Waals surface area contributed by atoms with Crippen molar-refractivity contribution in [2.24, 2.45) is 44.8 Å². The van der Waals surface area contributed by atoms with Gasteiger partial charge in [-0.25, -0.2) is 0 Å². The molecule has 2 aliphatic heterocycles. The van der Waals surface area contributed by atoms with Crippen molar-refractivity contribution in [2.45, 2.75) is 179 Å². The Morgan fingerprint density at radius 2 is 1.33 bits per heavy atom. The molecule has 4 saturated carbocycles. The van der Waals surface area contributed by atoms with Gasteiger partial charge in [-0.1, -0.05) is 52.7 Å². The molecular formula is C41H66O14. The SMILES string of the molecule is CC1(C)CCC2(C(=O)O[C@@H]3O[C@H](CO)[C@@H](O)[C@H](O)[C@H]3O)C(O)CC3(C)C(=CCC4C5(C)CCCC(C)(O[C@@H]6O[C@H](CO)[C@@H](O)[C@H](O)[C@H]6O)C5CCC43C)C2C1. The number of hydrogen-bond donors (Lipinski definition) is 9. The number of rotatable bonds is 6. The molecule has 7 aliphatic rings. The minimum absolute atomic E-state index is 0.0486. The van der Waals surface area contributed by atoms with Gasteiger partial charge < -0.3 is 64.9 Å². The summed E-state index contributed by atoms with van der Waals surface area (Å²) in [4.78, 5) is 14.6. The zero-order valence-electron chi connectivity index (χ0n) is 33.2. The highest BCUT2D eigenvalue weighted by Gasteiger charge is 2.72. The maximum absolute atomic E-state index is 14.6. The standard InChI is InChI=1S/C41H66O14/c1-36(2)14-15-41(35(51)54-33-31(49)29(47)27(45)22(18-42)52-33)21(16-36)20-8-9-24-37(3)11-7-12-40(6,55-34-32(50)30(48)28(46)23(19-43)53-34)25(37)10-13-38(24,4)39(20,5)17-26(41)44/h8,21-34,42-50H,7,9-19H2,1-6H3/t21?,22-,23-,24?,25?,26?,27-,28-,29+,30+,31-,32-,33+,34+,37?,38?,39?,40?,41?/m1/s1. The van der Waals surface area contributed by atoms with Crippen molar-refractivity contribution in [3.8, 4) is 0 Å². The summed E-state index contributed by atoms with van der Waals surface area (Å²) >= 11 is 0. The van der Waals surface area contributed by atoms with E-state index in [0.717, 1.165) is 37.7 Å². The van der Waals surface area contributed by atoms with E-state index in [9.17, 15) is 50.8 Å². The number of hydrogen-bond acceptors (Lipinski definition) is 14. The summed E-state index contributed by atoms with van der Waals surface area (Å²) < 4.78 is 24.0. The first-order valence-corrected chi connectivity index (χ1v) is 20.5. The average molecular weight is 783 g/mol. The molecule has 0 aromatic rings. The third-order valence-electron chi connectivity index (χ3n) is 16.8. The van der Waals surface area contributed by atoms with E-state index in [4.69, 9.17) is 18.9 Å². The molecule has 0 radical (unpaired) electrons. The van der Waals surface area contributed by atoms with Crippen molar-refractivity contribution in [1.29, 1.82) is 0 Å². The molecule has 2 heterocycles. The zero-order valence-corrected chi connectivity index (χ0v) is 33.2. The quantitative estimate of drug-likeness (QED) is 0.135. The molecule has 5 aliphatic carbocycles. The lowest BCUT2D eigenvalue weighted by Gasteiger charge is -2.71. The molecule has 7 rings (SSSR count). The highest BCUT2D eigenvalue weighted by molar-refractivity contribution is 5.80. The number of fused-ring (bicyclic) bond motifs is 7. The number of carbonyl (C=O) groups is 1. The van der Waals surface area contributed by atoms with Gasteiger partial charge in [-0.3, -0.25) is 4.79 Å². The molecule has 6 fully saturated rings. The molecule has 19 atom stereocenters. The largest absolute Gasteiger partial charge is 0.432 e. The Labute approximate surface area is 323 Å². The van der Waals surface area contributed by atoms with Gasteiger partial charge in [-0.2, -0.15) is 0 Å². The van der Waals surface area contributed by atoms with Crippen LogP contribution < -0.4 is 0 Å². The fourth-order valence-electron chi connectivity index (χ4n) is 13.4. The number of aliphatic hydroxyl groups is 9. The van der Waals surface area contributed by atoms with Crippen molar-refractivity contribution in [3.63, 3.8) is 0 Å². The van der Waals surface area contributed by atoms with Gasteiger partial charge in [0.25, 0.3) is 0 Å². The Morgan fingerprint density at radius 1 is 0.727 bits per heavy atom. The predicted molar refractivity (Wildman–Crippen MR) is 194 cm³/mol. The molecule has 0 bridgehead atoms. The first-order chi connectivity index (χ1) is 25.6. The molecule has 0 amide bonds. The normalized spacial score (nSPS) is 54.9. The molecule has 55 heavy (non-hydrogen) atoms. The van der Waals surface area contributed by atoms with Crippen LogP contribution in [-0.4, -0.2) is 138 Å². The number of aliphatic hydroxyl groups excluding tert-OH is 9. The lowest BCUT2D eigenvalue weighted by Crippen LogP contribution is -2.68. The maximum Gasteiger partial charge on any atom is 0.317 e. The second-order valence-electron chi connectivity index (χ2n) is 20.1. The van der Waals surface area contributed by atoms with Crippen LogP contribution in [-0.2, 0) is 23.7 Å². The van der Waals surface area contributed by atoms with E-state index in [1.165, 1.54) is 0 Å². The van der Waals surface area contributed by atoms with Crippen LogP contribution in [0.5, 0.6) is 0 Å². The minimum atomic E-state index is -1.75. The van der Waals surface area contributed by atoms with Crippen LogP contribution >= 0.6 is 0 Å². The molecule has 14 nitrogen and oxygen atoms in total. The van der Waals surface area contributed by atoms with Gasteiger partial charge >= 0.3 is 5.97 Å². The highest BCUT2D eigenvalue weighted by Crippen LogP contribution is 2.75. The van der Waals surface area contributed by atoms with Crippen LogP contribution in [0.15, 0.2) is 11.6 Å². The van der Waals surface area contributed by atoms with Crippen LogP contribution in [0.1, 0.15) is 106 Å². The molecular weight excluding hydrogens is 716 g/mol. The molecule has 314 valence electrons. The van der Waals surface area contributed by atoms with Crippen molar-refractivity contribution >= 4 is 5.97 Å². The highest BCUT2D eigenvalue weighted by atomic mass is 16.7. The predicted octanol–water partition coefficient (Wildman–Crippen LogP) is 1.04. The van der Waals surface area contributed by atoms with E-state index in [1.54, 1.807) is 0 Å². The van der Waals surface area contributed by atoms with Gasteiger partial charge in [0, 0.05) is 0 Å². The molecule has 0 aromatic carbocycles. The van der Waals surface area contributed by atoms with Crippen LogP contribution in [0.2, 0.25) is 0 Å². The smallest absolute Gasteiger partial charge is 0.317 e. The number of esters is 1. The first-order valence-electron chi connectivity index (χ1n) is 20.5. The summed E-state index contributed by atoms with van der Waals surface area (Å²) in [5, 5.41) is 95.5. The van der Waals surface area contributed by atoms with Gasteiger partial charge in [-0.15, -0.1) is 0 Å². The van der Waals surface area contributed by atoms with Crippen molar-refractivity contribution < 1.29 is 69.7 Å². The number of carbonyl (C=O) groups excluding carboxylic acids is 1. The fraction of sp³-hybridized carbons (Fsp3) is 0.927. The summed E-state index contributed by atoms with van der Waals surface area (Å²) in [6.07, 6.45) is -6.73. The fourth-order valence-corrected chi connectivity index (χ4v) is 13.4. The Kier molecular flexibility index (Phi) is 10.8. The lowest BCUT2D eigenvalue weighted by molar-refractivity contribution is -0.345. The van der Waals surface area contributed by atoms with E-state index >= 15 is 0 Å². The van der Waals surface area contributed by atoms with Crippen LogP contribution in [0.3, 0.4) is 0 Å². The van der Waals surface area contributed by atoms with Crippen molar-refractivity contribution in [1.82, 2.24) is 0 Å². The maximum atomic E-state index is 14.6. The molecule has 0 spiro atoms. The van der Waals surface area contributed by atoms with Crippen LogP contribution in [0.25, 0.3) is 0 Å².